The Hall–Kier alpha value is -9.12. The second-order valence-corrected chi connectivity index (χ2v) is 18.7. The topological polar surface area (TPSA) is 375 Å². The Morgan fingerprint density at radius 3 is 1.68 bits per heavy atom. The first-order valence-corrected chi connectivity index (χ1v) is 25.2. The highest BCUT2D eigenvalue weighted by Crippen LogP contribution is 2.21. The van der Waals surface area contributed by atoms with Gasteiger partial charge in [0.2, 0.25) is 47.3 Å². The first-order valence-electron chi connectivity index (χ1n) is 25.2. The Kier molecular flexibility index (Phi) is 22.4. The number of likely N-dealkylation sites (N-methyl/N-ethyl adjacent to an activating group) is 1. The highest BCUT2D eigenvalue weighted by Gasteiger charge is 2.36. The van der Waals surface area contributed by atoms with Gasteiger partial charge in [-0.25, -0.2) is 0 Å². The van der Waals surface area contributed by atoms with E-state index in [2.05, 4.69) is 36.9 Å². The fourth-order valence-electron chi connectivity index (χ4n) is 8.52. The van der Waals surface area contributed by atoms with E-state index in [9.17, 15) is 63.3 Å². The van der Waals surface area contributed by atoms with Crippen LogP contribution >= 0.6 is 0 Å². The number of carboxylic acid groups (broad SMARTS) is 2. The Bertz CT molecular complexity index is 2900. The minimum Gasteiger partial charge on any atom is -0.508 e. The van der Waals surface area contributed by atoms with Crippen molar-refractivity contribution in [3.8, 4) is 5.75 Å². The number of rotatable bonds is 30. The van der Waals surface area contributed by atoms with Gasteiger partial charge in [0.15, 0.2) is 0 Å². The number of aromatic amines is 1. The van der Waals surface area contributed by atoms with Crippen LogP contribution < -0.4 is 43.4 Å². The number of para-hydroxylation sites is 1. The number of nitrogens with zero attached hydrogens (tertiary/aromatic N) is 1. The number of H-pyrrole nitrogens is 1. The van der Waals surface area contributed by atoms with Gasteiger partial charge in [0.25, 0.3) is 0 Å². The number of hydrogen-bond donors (Lipinski definition) is 12. The summed E-state index contributed by atoms with van der Waals surface area (Å²) >= 11 is 0. The number of hydrogen-bond acceptors (Lipinski definition) is 12. The van der Waals surface area contributed by atoms with E-state index >= 15 is 0 Å². The van der Waals surface area contributed by atoms with Crippen molar-refractivity contribution in [2.24, 2.45) is 11.5 Å². The normalized spacial score (nSPS) is 13.7. The third kappa shape index (κ3) is 18.3. The summed E-state index contributed by atoms with van der Waals surface area (Å²) in [5.41, 5.74) is 14.4. The minimum atomic E-state index is -1.72. The zero-order valence-corrected chi connectivity index (χ0v) is 43.1. The monoisotopic (exact) mass is 1070 g/mol. The summed E-state index contributed by atoms with van der Waals surface area (Å²) in [6.45, 7) is 1.11. The average Bonchev–Trinajstić information content (AvgIpc) is 3.82. The Morgan fingerprint density at radius 1 is 0.577 bits per heavy atom. The van der Waals surface area contributed by atoms with Gasteiger partial charge in [-0.05, 0) is 46.9 Å². The fraction of sp³-hybridized carbons (Fsp3) is 0.345. The molecule has 0 aliphatic carbocycles. The lowest BCUT2D eigenvalue weighted by atomic mass is 10.0. The van der Waals surface area contributed by atoms with Gasteiger partial charge >= 0.3 is 11.9 Å². The van der Waals surface area contributed by atoms with Gasteiger partial charge in [0.1, 0.15) is 42.0 Å². The first kappa shape index (κ1) is 59.8. The van der Waals surface area contributed by atoms with Crippen LogP contribution in [0.25, 0.3) is 10.9 Å². The first-order chi connectivity index (χ1) is 37.2. The number of phenolic OH excluding ortho intramolecular Hbond substituents is 1. The lowest BCUT2D eigenvalue weighted by Gasteiger charge is -2.32. The molecule has 8 amide bonds. The molecule has 5 rings (SSSR count). The maximum atomic E-state index is 14.8. The van der Waals surface area contributed by atoms with Crippen LogP contribution in [0, 0.1) is 0 Å². The molecule has 0 bridgehead atoms. The summed E-state index contributed by atoms with van der Waals surface area (Å²) in [6, 6.07) is 20.0. The summed E-state index contributed by atoms with van der Waals surface area (Å²) in [7, 11) is 1.32. The van der Waals surface area contributed by atoms with Crippen LogP contribution in [0.2, 0.25) is 0 Å². The molecular formula is C55H66N10O13. The number of carboxylic acids is 2. The smallest absolute Gasteiger partial charge is 0.305 e. The van der Waals surface area contributed by atoms with E-state index in [0.717, 1.165) is 10.4 Å². The van der Waals surface area contributed by atoms with E-state index < -0.39 is 121 Å². The van der Waals surface area contributed by atoms with Gasteiger partial charge in [-0.15, -0.1) is 0 Å². The molecule has 0 fully saturated rings. The van der Waals surface area contributed by atoms with Gasteiger partial charge in [-0.3, -0.25) is 47.9 Å². The van der Waals surface area contributed by atoms with Gasteiger partial charge < -0.3 is 68.6 Å². The maximum absolute atomic E-state index is 14.8. The van der Waals surface area contributed by atoms with Crippen LogP contribution in [-0.4, -0.2) is 140 Å². The number of unbranched alkanes of at least 4 members (excludes halogenated alkanes) is 1. The van der Waals surface area contributed by atoms with E-state index in [4.69, 9.17) is 11.5 Å². The van der Waals surface area contributed by atoms with E-state index in [1.165, 1.54) is 31.3 Å². The summed E-state index contributed by atoms with van der Waals surface area (Å²) in [5, 5.41) is 44.8. The van der Waals surface area contributed by atoms with Crippen molar-refractivity contribution < 1.29 is 63.3 Å². The zero-order valence-electron chi connectivity index (χ0n) is 43.1. The number of aromatic nitrogens is 1. The average molecular weight is 1080 g/mol. The number of phenols is 1. The largest absolute Gasteiger partial charge is 0.508 e. The molecule has 0 spiro atoms. The molecule has 23 heteroatoms. The molecule has 1 heterocycles. The molecule has 0 unspecified atom stereocenters. The molecule has 0 saturated carbocycles. The van der Waals surface area contributed by atoms with Crippen molar-refractivity contribution in [1.29, 1.82) is 0 Å². The molecule has 7 atom stereocenters. The standard InChI is InChI=1S/C55H66N10O13/c1-3-4-19-45(54(77)64-43(29-48(70)71)53(76)61-40(49(57)72)24-32-13-7-5-8-14-32)65(2)55(78)44(27-35-30-58-39-18-12-11-17-37(35)39)60-46(67)31-59-51(74)41(25-33-15-9-6-10-16-33)63-52(75)42(26-34-20-22-36(66)23-21-34)62-50(73)38(56)28-47(68)69/h5-18,20-23,30,38,40-45,58,66H,3-4,19,24-29,31,56H2,1-2H3,(H2,57,72)(H,59,74)(H,60,67)(H,61,76)(H,62,73)(H,63,75)(H,64,77)(H,68,69)(H,70,71)/t38-,40-,41-,42-,43-,44-,45-/m0/s1. The summed E-state index contributed by atoms with van der Waals surface area (Å²) < 4.78 is 0. The van der Waals surface area contributed by atoms with Crippen molar-refractivity contribution in [3.05, 3.63) is 138 Å². The maximum Gasteiger partial charge on any atom is 0.305 e. The lowest BCUT2D eigenvalue weighted by Crippen LogP contribution is -2.59. The van der Waals surface area contributed by atoms with Crippen LogP contribution in [0.5, 0.6) is 5.75 Å². The van der Waals surface area contributed by atoms with Crippen molar-refractivity contribution in [1.82, 2.24) is 41.8 Å². The minimum absolute atomic E-state index is 0.0246. The second kappa shape index (κ2) is 29.3. The zero-order chi connectivity index (χ0) is 56.9. The molecule has 1 aromatic heterocycles. The third-order valence-corrected chi connectivity index (χ3v) is 12.7. The van der Waals surface area contributed by atoms with E-state index in [-0.39, 0.29) is 37.9 Å². The molecular weight excluding hydrogens is 1010 g/mol. The SMILES string of the molecule is CCCC[C@@H](C(=O)N[C@@H](CC(=O)O)C(=O)N[C@@H](Cc1ccccc1)C(N)=O)N(C)C(=O)[C@H](Cc1c[nH]c2ccccc12)NC(=O)CNC(=O)[C@H](Cc1ccccc1)NC(=O)[C@H](Cc1ccc(O)cc1)NC(=O)[C@@H](N)CC(=O)O. The number of nitrogens with two attached hydrogens (primary N) is 2. The highest BCUT2D eigenvalue weighted by atomic mass is 16.4. The van der Waals surface area contributed by atoms with Crippen LogP contribution in [-0.2, 0) is 73.6 Å². The number of nitrogens with one attached hydrogen (secondary N) is 7. The number of primary amides is 1. The molecule has 0 aliphatic heterocycles. The van der Waals surface area contributed by atoms with Crippen LogP contribution in [0.3, 0.4) is 0 Å². The Balaban J connectivity index is 1.37. The Labute approximate surface area is 449 Å². The quantitative estimate of drug-likeness (QED) is 0.0298. The van der Waals surface area contributed by atoms with Gasteiger partial charge in [0, 0.05) is 49.8 Å². The number of amides is 8. The molecule has 78 heavy (non-hydrogen) atoms. The number of benzene rings is 4. The van der Waals surface area contributed by atoms with E-state index in [1.807, 2.05) is 6.92 Å². The number of aromatic hydroxyl groups is 1. The second-order valence-electron chi connectivity index (χ2n) is 18.7. The molecule has 414 valence electrons. The van der Waals surface area contributed by atoms with Gasteiger partial charge in [-0.2, -0.15) is 0 Å². The number of carbonyl (C=O) groups excluding carboxylic acids is 8. The summed E-state index contributed by atoms with van der Waals surface area (Å²) in [6.07, 6.45) is 0.555. The fourth-order valence-corrected chi connectivity index (χ4v) is 8.52. The highest BCUT2D eigenvalue weighted by molar-refractivity contribution is 5.98. The van der Waals surface area contributed by atoms with Crippen LogP contribution in [0.15, 0.2) is 115 Å². The van der Waals surface area contributed by atoms with E-state index in [1.54, 1.807) is 91.1 Å². The summed E-state index contributed by atoms with van der Waals surface area (Å²) in [5.74, 6) is -10.0. The van der Waals surface area contributed by atoms with Crippen molar-refractivity contribution in [2.45, 2.75) is 107 Å². The van der Waals surface area contributed by atoms with Crippen molar-refractivity contribution in [2.75, 3.05) is 13.6 Å². The molecule has 0 radical (unpaired) electrons. The molecule has 0 saturated heterocycles. The Morgan fingerprint density at radius 2 is 1.09 bits per heavy atom. The molecule has 5 aromatic rings. The molecule has 14 N–H and O–H groups in total. The number of carbonyl (C=O) groups is 10. The molecule has 4 aromatic carbocycles. The van der Waals surface area contributed by atoms with Crippen molar-refractivity contribution >= 4 is 70.1 Å². The predicted molar refractivity (Wildman–Crippen MR) is 285 cm³/mol. The van der Waals surface area contributed by atoms with Crippen LogP contribution in [0.4, 0.5) is 0 Å². The third-order valence-electron chi connectivity index (χ3n) is 12.7. The number of fused-ring (bicyclic) bond motifs is 1. The summed E-state index contributed by atoms with van der Waals surface area (Å²) in [4.78, 5) is 138. The number of aliphatic carboxylic acids is 2. The predicted octanol–water partition coefficient (Wildman–Crippen LogP) is 0.464. The molecule has 0 aliphatic rings. The van der Waals surface area contributed by atoms with Crippen LogP contribution in [0.1, 0.15) is 61.3 Å². The van der Waals surface area contributed by atoms with E-state index in [0.29, 0.717) is 40.5 Å². The molecule has 23 nitrogen and oxygen atoms in total. The van der Waals surface area contributed by atoms with Gasteiger partial charge in [0.05, 0.1) is 25.4 Å². The lowest BCUT2D eigenvalue weighted by molar-refractivity contribution is -0.144. The van der Waals surface area contributed by atoms with Crippen molar-refractivity contribution in [3.63, 3.8) is 0 Å². The van der Waals surface area contributed by atoms with Gasteiger partial charge in [-0.1, -0.05) is 111 Å².